The van der Waals surface area contributed by atoms with Gasteiger partial charge in [-0.2, -0.15) is 13.2 Å². The van der Waals surface area contributed by atoms with Crippen LogP contribution in [0.25, 0.3) is 0 Å². The van der Waals surface area contributed by atoms with Gasteiger partial charge < -0.3 is 4.74 Å². The Morgan fingerprint density at radius 1 is 1.44 bits per heavy atom. The zero-order valence-electron chi connectivity index (χ0n) is 9.54. The Morgan fingerprint density at radius 3 is 2.78 bits per heavy atom. The highest BCUT2D eigenvalue weighted by atomic mass is 19.4. The van der Waals surface area contributed by atoms with Crippen molar-refractivity contribution in [2.24, 2.45) is 0 Å². The minimum absolute atomic E-state index is 0.0332. The first-order chi connectivity index (χ1) is 8.43. The van der Waals surface area contributed by atoms with Crippen LogP contribution in [0.3, 0.4) is 0 Å². The number of rotatable bonds is 2. The van der Waals surface area contributed by atoms with Gasteiger partial charge in [-0.15, -0.1) is 0 Å². The molecule has 0 spiro atoms. The molecule has 0 radical (unpaired) electrons. The summed E-state index contributed by atoms with van der Waals surface area (Å²) in [5.41, 5.74) is -1.04. The molecule has 0 unspecified atom stereocenters. The van der Waals surface area contributed by atoms with Crippen molar-refractivity contribution in [2.45, 2.75) is 19.5 Å². The minimum atomic E-state index is -4.50. The van der Waals surface area contributed by atoms with E-state index in [0.29, 0.717) is 0 Å². The van der Waals surface area contributed by atoms with Gasteiger partial charge in [-0.05, 0) is 25.0 Å². The maximum Gasteiger partial charge on any atom is 0.433 e. The van der Waals surface area contributed by atoms with Crippen LogP contribution in [-0.2, 0) is 15.7 Å². The Morgan fingerprint density at radius 2 is 2.17 bits per heavy atom. The lowest BCUT2D eigenvalue weighted by Gasteiger charge is -2.04. The first-order valence-electron chi connectivity index (χ1n) is 5.12. The van der Waals surface area contributed by atoms with Crippen molar-refractivity contribution in [1.29, 1.82) is 0 Å². The van der Waals surface area contributed by atoms with Gasteiger partial charge in [0.2, 0.25) is 0 Å². The molecule has 0 aromatic carbocycles. The number of pyridine rings is 1. The van der Waals surface area contributed by atoms with E-state index in [1.165, 1.54) is 12.1 Å². The Balaban J connectivity index is 2.74. The van der Waals surface area contributed by atoms with Crippen LogP contribution in [-0.4, -0.2) is 17.6 Å². The van der Waals surface area contributed by atoms with Crippen LogP contribution in [0, 0.1) is 11.8 Å². The van der Waals surface area contributed by atoms with Crippen molar-refractivity contribution in [3.8, 4) is 11.8 Å². The molecule has 0 amide bonds. The first kappa shape index (κ1) is 14.0. The van der Waals surface area contributed by atoms with Crippen molar-refractivity contribution in [3.05, 3.63) is 29.6 Å². The predicted molar refractivity (Wildman–Crippen MR) is 57.4 cm³/mol. The molecule has 96 valence electrons. The highest BCUT2D eigenvalue weighted by molar-refractivity contribution is 5.72. The molecule has 0 atom stereocenters. The van der Waals surface area contributed by atoms with Gasteiger partial charge in [0.05, 0.1) is 6.61 Å². The molecule has 3 nitrogen and oxygen atoms in total. The summed E-state index contributed by atoms with van der Waals surface area (Å²) in [6.45, 7) is 1.89. The Labute approximate surface area is 102 Å². The van der Waals surface area contributed by atoms with Crippen LogP contribution in [0.4, 0.5) is 13.2 Å². The molecule has 1 rings (SSSR count). The van der Waals surface area contributed by atoms with Gasteiger partial charge in [0.15, 0.2) is 0 Å². The summed E-state index contributed by atoms with van der Waals surface area (Å²) in [4.78, 5) is 14.3. The Bertz CT molecular complexity index is 486. The molecular weight excluding hydrogens is 247 g/mol. The number of carbonyl (C=O) groups is 1. The molecule has 0 saturated carbocycles. The number of alkyl halides is 3. The lowest BCUT2D eigenvalue weighted by molar-refractivity contribution is -0.142. The number of carbonyl (C=O) groups excluding carboxylic acids is 1. The molecule has 0 aliphatic heterocycles. The maximum absolute atomic E-state index is 12.3. The Hall–Kier alpha value is -2.03. The van der Waals surface area contributed by atoms with E-state index >= 15 is 0 Å². The van der Waals surface area contributed by atoms with Crippen LogP contribution < -0.4 is 0 Å². The van der Waals surface area contributed by atoms with Crippen LogP contribution >= 0.6 is 0 Å². The molecule has 0 aliphatic rings. The summed E-state index contributed by atoms with van der Waals surface area (Å²) >= 11 is 0. The molecular formula is C12H10F3NO2. The van der Waals surface area contributed by atoms with Crippen molar-refractivity contribution in [1.82, 2.24) is 4.98 Å². The molecule has 1 aromatic rings. The third-order valence-corrected chi connectivity index (χ3v) is 1.79. The van der Waals surface area contributed by atoms with Gasteiger partial charge in [0.25, 0.3) is 0 Å². The molecule has 1 heterocycles. The van der Waals surface area contributed by atoms with Crippen LogP contribution in [0.5, 0.6) is 0 Å². The minimum Gasteiger partial charge on any atom is -0.465 e. The molecule has 0 N–H and O–H groups in total. The van der Waals surface area contributed by atoms with E-state index in [1.807, 2.05) is 0 Å². The van der Waals surface area contributed by atoms with Gasteiger partial charge >= 0.3 is 12.1 Å². The monoisotopic (exact) mass is 257 g/mol. The Kier molecular flexibility index (Phi) is 4.72. The van der Waals surface area contributed by atoms with Crippen molar-refractivity contribution in [3.63, 3.8) is 0 Å². The summed E-state index contributed by atoms with van der Waals surface area (Å²) in [6, 6.07) is 3.41. The molecule has 6 heteroatoms. The fraction of sp³-hybridized carbons (Fsp3) is 0.333. The summed E-state index contributed by atoms with van der Waals surface area (Å²) < 4.78 is 41.6. The van der Waals surface area contributed by atoms with E-state index in [0.717, 1.165) is 6.07 Å². The van der Waals surface area contributed by atoms with E-state index in [2.05, 4.69) is 21.6 Å². The number of hydrogen-bond acceptors (Lipinski definition) is 3. The zero-order valence-corrected chi connectivity index (χ0v) is 9.54. The third kappa shape index (κ3) is 4.45. The van der Waals surface area contributed by atoms with Crippen LogP contribution in [0.2, 0.25) is 0 Å². The fourth-order valence-corrected chi connectivity index (χ4v) is 1.08. The molecule has 0 saturated heterocycles. The van der Waals surface area contributed by atoms with E-state index in [1.54, 1.807) is 6.92 Å². The highest BCUT2D eigenvalue weighted by Crippen LogP contribution is 2.27. The summed E-state index contributed by atoms with van der Waals surface area (Å²) in [6.07, 6.45) is -4.68. The second kappa shape index (κ2) is 6.05. The smallest absolute Gasteiger partial charge is 0.433 e. The second-order valence-electron chi connectivity index (χ2n) is 3.19. The van der Waals surface area contributed by atoms with E-state index in [4.69, 9.17) is 0 Å². The van der Waals surface area contributed by atoms with Crippen molar-refractivity contribution in [2.75, 3.05) is 6.61 Å². The SMILES string of the molecule is CCOC(=O)CC#Cc1cccc(C(F)(F)F)n1. The van der Waals surface area contributed by atoms with Gasteiger partial charge in [0, 0.05) is 0 Å². The number of nitrogens with zero attached hydrogens (tertiary/aromatic N) is 1. The number of hydrogen-bond donors (Lipinski definition) is 0. The van der Waals surface area contributed by atoms with Gasteiger partial charge in [-0.1, -0.05) is 12.0 Å². The van der Waals surface area contributed by atoms with E-state index in [9.17, 15) is 18.0 Å². The number of ether oxygens (including phenoxy) is 1. The number of esters is 1. The van der Waals surface area contributed by atoms with Gasteiger partial charge in [0.1, 0.15) is 17.8 Å². The first-order valence-corrected chi connectivity index (χ1v) is 5.12. The van der Waals surface area contributed by atoms with Crippen LogP contribution in [0.15, 0.2) is 18.2 Å². The molecule has 18 heavy (non-hydrogen) atoms. The van der Waals surface area contributed by atoms with Gasteiger partial charge in [-0.25, -0.2) is 4.98 Å². The molecule has 0 bridgehead atoms. The lowest BCUT2D eigenvalue weighted by Crippen LogP contribution is -2.08. The zero-order chi connectivity index (χ0) is 13.6. The van der Waals surface area contributed by atoms with E-state index < -0.39 is 17.8 Å². The molecule has 0 fully saturated rings. The summed E-state index contributed by atoms with van der Waals surface area (Å²) in [5.74, 6) is 4.28. The number of halogens is 3. The van der Waals surface area contributed by atoms with Crippen molar-refractivity contribution >= 4 is 5.97 Å². The number of aromatic nitrogens is 1. The normalized spacial score (nSPS) is 10.4. The van der Waals surface area contributed by atoms with Gasteiger partial charge in [-0.3, -0.25) is 4.79 Å². The quantitative estimate of drug-likeness (QED) is 0.603. The average Bonchev–Trinajstić information content (AvgIpc) is 2.29. The highest BCUT2D eigenvalue weighted by Gasteiger charge is 2.32. The second-order valence-corrected chi connectivity index (χ2v) is 3.19. The summed E-state index contributed by atoms with van der Waals surface area (Å²) in [7, 11) is 0. The topological polar surface area (TPSA) is 39.2 Å². The van der Waals surface area contributed by atoms with E-state index in [-0.39, 0.29) is 18.7 Å². The maximum atomic E-state index is 12.3. The lowest BCUT2D eigenvalue weighted by atomic mass is 10.3. The average molecular weight is 257 g/mol. The third-order valence-electron chi connectivity index (χ3n) is 1.79. The van der Waals surface area contributed by atoms with Crippen LogP contribution in [0.1, 0.15) is 24.7 Å². The molecule has 0 aliphatic carbocycles. The fourth-order valence-electron chi connectivity index (χ4n) is 1.08. The van der Waals surface area contributed by atoms with Crippen molar-refractivity contribution < 1.29 is 22.7 Å². The largest absolute Gasteiger partial charge is 0.465 e. The predicted octanol–water partition coefficient (Wildman–Crippen LogP) is 2.41. The standard InChI is InChI=1S/C12H10F3NO2/c1-2-18-11(17)8-4-6-9-5-3-7-10(16-9)12(13,14)15/h3,5,7H,2,8H2,1H3. The summed E-state index contributed by atoms with van der Waals surface area (Å²) in [5, 5.41) is 0. The molecule has 1 aromatic heterocycles.